The predicted octanol–water partition coefficient (Wildman–Crippen LogP) is 4.56. The lowest BCUT2D eigenvalue weighted by Crippen LogP contribution is -2.20. The molecule has 1 N–H and O–H groups in total. The van der Waals surface area contributed by atoms with Gasteiger partial charge in [-0.25, -0.2) is 0 Å². The minimum absolute atomic E-state index is 0.536. The monoisotopic (exact) mass is 285 g/mol. The fraction of sp³-hybridized carbons (Fsp3) is 0.500. The molecule has 114 valence electrons. The van der Waals surface area contributed by atoms with Crippen LogP contribution in [0.15, 0.2) is 42.7 Å². The van der Waals surface area contributed by atoms with Crippen LogP contribution in [0.2, 0.25) is 0 Å². The molecule has 1 aromatic heterocycles. The Bertz CT molecular complexity index is 518. The standard InChI is InChI=1S/C18H27N3/c1-4-15(3)11-17(5-2)20-18-12-19-21(14-18)13-16-9-7-6-8-10-16/h6-10,12,14-15,17,20H,4-5,11,13H2,1-3H3. The Labute approximate surface area is 128 Å². The molecule has 1 heterocycles. The van der Waals surface area contributed by atoms with Crippen LogP contribution in [0.4, 0.5) is 5.69 Å². The highest BCUT2D eigenvalue weighted by Crippen LogP contribution is 2.17. The molecule has 0 radical (unpaired) electrons. The minimum Gasteiger partial charge on any atom is -0.380 e. The summed E-state index contributed by atoms with van der Waals surface area (Å²) in [5.41, 5.74) is 2.40. The van der Waals surface area contributed by atoms with Crippen molar-refractivity contribution in [1.29, 1.82) is 0 Å². The molecule has 21 heavy (non-hydrogen) atoms. The third-order valence-corrected chi connectivity index (χ3v) is 4.07. The molecule has 0 aliphatic rings. The van der Waals surface area contributed by atoms with Crippen molar-refractivity contribution in [3.8, 4) is 0 Å². The van der Waals surface area contributed by atoms with Gasteiger partial charge in [-0.15, -0.1) is 0 Å². The number of nitrogens with one attached hydrogen (secondary N) is 1. The SMILES string of the molecule is CCC(C)CC(CC)Nc1cnn(Cc2ccccc2)c1. The third kappa shape index (κ3) is 4.92. The fourth-order valence-electron chi connectivity index (χ4n) is 2.51. The van der Waals surface area contributed by atoms with Crippen LogP contribution in [0.5, 0.6) is 0 Å². The Hall–Kier alpha value is -1.77. The van der Waals surface area contributed by atoms with E-state index in [1.54, 1.807) is 0 Å². The maximum Gasteiger partial charge on any atom is 0.0728 e. The van der Waals surface area contributed by atoms with E-state index in [9.17, 15) is 0 Å². The molecule has 0 fully saturated rings. The summed E-state index contributed by atoms with van der Waals surface area (Å²) in [6.45, 7) is 7.65. The molecule has 2 aromatic rings. The maximum absolute atomic E-state index is 4.45. The van der Waals surface area contributed by atoms with Crippen LogP contribution in [0.3, 0.4) is 0 Å². The highest BCUT2D eigenvalue weighted by molar-refractivity contribution is 5.39. The van der Waals surface area contributed by atoms with Crippen molar-refractivity contribution in [2.45, 2.75) is 52.6 Å². The Morgan fingerprint density at radius 3 is 2.57 bits per heavy atom. The lowest BCUT2D eigenvalue weighted by molar-refractivity contribution is 0.462. The first-order valence-corrected chi connectivity index (χ1v) is 8.04. The molecule has 0 aliphatic carbocycles. The molecule has 0 amide bonds. The van der Waals surface area contributed by atoms with Crippen molar-refractivity contribution >= 4 is 5.69 Å². The van der Waals surface area contributed by atoms with E-state index in [0.717, 1.165) is 24.6 Å². The number of hydrogen-bond acceptors (Lipinski definition) is 2. The molecule has 0 bridgehead atoms. The van der Waals surface area contributed by atoms with Gasteiger partial charge in [-0.3, -0.25) is 4.68 Å². The number of nitrogens with zero attached hydrogens (tertiary/aromatic N) is 2. The van der Waals surface area contributed by atoms with Gasteiger partial charge in [0.2, 0.25) is 0 Å². The average molecular weight is 285 g/mol. The molecule has 0 saturated carbocycles. The lowest BCUT2D eigenvalue weighted by atomic mass is 9.98. The van der Waals surface area contributed by atoms with E-state index >= 15 is 0 Å². The first kappa shape index (κ1) is 15.6. The smallest absolute Gasteiger partial charge is 0.0728 e. The van der Waals surface area contributed by atoms with E-state index in [0.29, 0.717) is 6.04 Å². The summed E-state index contributed by atoms with van der Waals surface area (Å²) in [5.74, 6) is 0.766. The van der Waals surface area contributed by atoms with Crippen LogP contribution in [0, 0.1) is 5.92 Å². The molecular formula is C18H27N3. The highest BCUT2D eigenvalue weighted by atomic mass is 15.3. The van der Waals surface area contributed by atoms with Gasteiger partial charge in [0.05, 0.1) is 18.4 Å². The summed E-state index contributed by atoms with van der Waals surface area (Å²) >= 11 is 0. The fourth-order valence-corrected chi connectivity index (χ4v) is 2.51. The molecule has 1 aromatic carbocycles. The quantitative estimate of drug-likeness (QED) is 0.770. The summed E-state index contributed by atoms with van der Waals surface area (Å²) in [4.78, 5) is 0. The molecule has 0 aliphatic heterocycles. The van der Waals surface area contributed by atoms with E-state index in [1.165, 1.54) is 18.4 Å². The Kier molecular flexibility index (Phi) is 5.85. The van der Waals surface area contributed by atoms with Gasteiger partial charge in [0.1, 0.15) is 0 Å². The summed E-state index contributed by atoms with van der Waals surface area (Å²) in [6.07, 6.45) is 7.64. The van der Waals surface area contributed by atoms with Crippen molar-refractivity contribution in [2.24, 2.45) is 5.92 Å². The van der Waals surface area contributed by atoms with Gasteiger partial charge in [0, 0.05) is 12.2 Å². The number of aromatic nitrogens is 2. The van der Waals surface area contributed by atoms with Crippen LogP contribution in [0.1, 0.15) is 45.6 Å². The van der Waals surface area contributed by atoms with Crippen LogP contribution < -0.4 is 5.32 Å². The number of rotatable bonds is 8. The van der Waals surface area contributed by atoms with Crippen molar-refractivity contribution in [3.63, 3.8) is 0 Å². The van der Waals surface area contributed by atoms with Crippen LogP contribution in [-0.4, -0.2) is 15.8 Å². The molecule has 2 unspecified atom stereocenters. The van der Waals surface area contributed by atoms with E-state index < -0.39 is 0 Å². The minimum atomic E-state index is 0.536. The Balaban J connectivity index is 1.93. The normalized spacial score (nSPS) is 13.9. The first-order valence-electron chi connectivity index (χ1n) is 8.04. The largest absolute Gasteiger partial charge is 0.380 e. The maximum atomic E-state index is 4.45. The molecule has 3 nitrogen and oxygen atoms in total. The third-order valence-electron chi connectivity index (χ3n) is 4.07. The second-order valence-corrected chi connectivity index (χ2v) is 5.91. The zero-order valence-electron chi connectivity index (χ0n) is 13.4. The van der Waals surface area contributed by atoms with Gasteiger partial charge in [0.15, 0.2) is 0 Å². The van der Waals surface area contributed by atoms with E-state index in [4.69, 9.17) is 0 Å². The highest BCUT2D eigenvalue weighted by Gasteiger charge is 2.11. The van der Waals surface area contributed by atoms with Gasteiger partial charge in [-0.2, -0.15) is 5.10 Å². The van der Waals surface area contributed by atoms with Crippen molar-refractivity contribution < 1.29 is 0 Å². The molecule has 2 atom stereocenters. The molecule has 2 rings (SSSR count). The molecule has 3 heteroatoms. The van der Waals surface area contributed by atoms with Gasteiger partial charge in [-0.1, -0.05) is 57.5 Å². The number of benzene rings is 1. The van der Waals surface area contributed by atoms with Crippen LogP contribution in [-0.2, 0) is 6.54 Å². The number of anilines is 1. The van der Waals surface area contributed by atoms with Gasteiger partial charge >= 0.3 is 0 Å². The van der Waals surface area contributed by atoms with Crippen molar-refractivity contribution in [1.82, 2.24) is 9.78 Å². The van der Waals surface area contributed by atoms with Gasteiger partial charge < -0.3 is 5.32 Å². The summed E-state index contributed by atoms with van der Waals surface area (Å²) in [6, 6.07) is 11.0. The zero-order valence-corrected chi connectivity index (χ0v) is 13.4. The van der Waals surface area contributed by atoms with Crippen molar-refractivity contribution in [3.05, 3.63) is 48.3 Å². The van der Waals surface area contributed by atoms with E-state index in [-0.39, 0.29) is 0 Å². The van der Waals surface area contributed by atoms with Crippen LogP contribution in [0.25, 0.3) is 0 Å². The number of hydrogen-bond donors (Lipinski definition) is 1. The molecule has 0 spiro atoms. The van der Waals surface area contributed by atoms with E-state index in [2.05, 4.69) is 61.6 Å². The van der Waals surface area contributed by atoms with Gasteiger partial charge in [0.25, 0.3) is 0 Å². The summed E-state index contributed by atoms with van der Waals surface area (Å²) < 4.78 is 1.99. The first-order chi connectivity index (χ1) is 10.2. The van der Waals surface area contributed by atoms with Crippen LogP contribution >= 0.6 is 0 Å². The Morgan fingerprint density at radius 1 is 1.14 bits per heavy atom. The lowest BCUT2D eigenvalue weighted by Gasteiger charge is -2.20. The zero-order chi connectivity index (χ0) is 15.1. The summed E-state index contributed by atoms with van der Waals surface area (Å²) in [7, 11) is 0. The topological polar surface area (TPSA) is 29.9 Å². The average Bonchev–Trinajstić information content (AvgIpc) is 2.94. The second-order valence-electron chi connectivity index (χ2n) is 5.91. The molecular weight excluding hydrogens is 258 g/mol. The van der Waals surface area contributed by atoms with E-state index in [1.807, 2.05) is 16.9 Å². The van der Waals surface area contributed by atoms with Crippen molar-refractivity contribution in [2.75, 3.05) is 5.32 Å². The Morgan fingerprint density at radius 2 is 1.90 bits per heavy atom. The predicted molar refractivity (Wildman–Crippen MR) is 89.5 cm³/mol. The second kappa shape index (κ2) is 7.87. The molecule has 0 saturated heterocycles. The van der Waals surface area contributed by atoms with Gasteiger partial charge in [-0.05, 0) is 24.3 Å². The summed E-state index contributed by atoms with van der Waals surface area (Å²) in [5, 5.41) is 8.07.